The fourth-order valence-corrected chi connectivity index (χ4v) is 4.33. The van der Waals surface area contributed by atoms with Crippen molar-refractivity contribution in [2.75, 3.05) is 5.32 Å². The van der Waals surface area contributed by atoms with Crippen molar-refractivity contribution >= 4 is 17.1 Å². The molecule has 1 N–H and O–H groups in total. The number of anilines is 1. The Balaban J connectivity index is 1.73. The number of benzene rings is 2. The van der Waals surface area contributed by atoms with Gasteiger partial charge in [0.05, 0.1) is 11.7 Å². The molecule has 1 heterocycles. The fraction of sp³-hybridized carbons (Fsp3) is 0.286. The summed E-state index contributed by atoms with van der Waals surface area (Å²) in [4.78, 5) is 9.42. The van der Waals surface area contributed by atoms with E-state index in [4.69, 9.17) is 4.98 Å². The third-order valence-electron chi connectivity index (χ3n) is 5.92. The van der Waals surface area contributed by atoms with Crippen LogP contribution in [-0.4, -0.2) is 9.97 Å². The predicted molar refractivity (Wildman–Crippen MR) is 131 cm³/mol. The highest BCUT2D eigenvalue weighted by atomic mass is 19.1. The number of halogens is 1. The largest absolute Gasteiger partial charge is 0.348 e. The van der Waals surface area contributed by atoms with Crippen molar-refractivity contribution < 1.29 is 4.39 Å². The van der Waals surface area contributed by atoms with Crippen LogP contribution in [0.1, 0.15) is 68.8 Å². The van der Waals surface area contributed by atoms with Crippen LogP contribution in [0.2, 0.25) is 0 Å². The van der Waals surface area contributed by atoms with Crippen molar-refractivity contribution in [3.63, 3.8) is 0 Å². The van der Waals surface area contributed by atoms with Crippen molar-refractivity contribution in [1.29, 1.82) is 0 Å². The summed E-state index contributed by atoms with van der Waals surface area (Å²) >= 11 is 0. The summed E-state index contributed by atoms with van der Waals surface area (Å²) < 4.78 is 13.6. The number of hydrogen-bond donors (Lipinski definition) is 1. The van der Waals surface area contributed by atoms with Crippen molar-refractivity contribution in [3.8, 4) is 0 Å². The SMILES string of the molecule is CCCC1=C(c2ccnc(N[C@@H](C)c3ccccc3)n2)C(c2ccc(F)cc2)=CCCC1. The molecular formula is C28H30FN3. The molecule has 0 radical (unpaired) electrons. The summed E-state index contributed by atoms with van der Waals surface area (Å²) in [6.45, 7) is 4.33. The lowest BCUT2D eigenvalue weighted by Crippen LogP contribution is -2.10. The Kier molecular flexibility index (Phi) is 7.10. The van der Waals surface area contributed by atoms with Crippen LogP contribution >= 0.6 is 0 Å². The molecule has 3 nitrogen and oxygen atoms in total. The first kappa shape index (κ1) is 21.9. The quantitative estimate of drug-likeness (QED) is 0.422. The van der Waals surface area contributed by atoms with E-state index in [1.54, 1.807) is 0 Å². The molecule has 1 atom stereocenters. The zero-order chi connectivity index (χ0) is 22.3. The molecule has 0 bridgehead atoms. The minimum atomic E-state index is -0.217. The van der Waals surface area contributed by atoms with Crippen LogP contribution in [0, 0.1) is 5.82 Å². The summed E-state index contributed by atoms with van der Waals surface area (Å²) in [5, 5.41) is 3.45. The molecule has 1 aromatic heterocycles. The van der Waals surface area contributed by atoms with E-state index in [9.17, 15) is 4.39 Å². The Labute approximate surface area is 190 Å². The van der Waals surface area contributed by atoms with Gasteiger partial charge in [0.15, 0.2) is 0 Å². The standard InChI is InChI=1S/C28H30FN3/c1-3-9-23-12-7-8-13-25(22-14-16-24(29)17-15-22)27(23)26-18-19-30-28(32-26)31-20(2)21-10-5-4-6-11-21/h4-6,10-11,13-20H,3,7-9,12H2,1-2H3,(H,30,31,32)/t20-/m0/s1. The maximum atomic E-state index is 13.6. The highest BCUT2D eigenvalue weighted by Crippen LogP contribution is 2.39. The third-order valence-corrected chi connectivity index (χ3v) is 5.92. The summed E-state index contributed by atoms with van der Waals surface area (Å²) in [5.41, 5.74) is 6.88. The van der Waals surface area contributed by atoms with Crippen molar-refractivity contribution in [3.05, 3.63) is 101 Å². The topological polar surface area (TPSA) is 37.8 Å². The molecule has 0 aliphatic heterocycles. The second kappa shape index (κ2) is 10.4. The van der Waals surface area contributed by atoms with Gasteiger partial charge >= 0.3 is 0 Å². The second-order valence-corrected chi connectivity index (χ2v) is 8.29. The molecule has 0 unspecified atom stereocenters. The Bertz CT molecular complexity index is 1100. The van der Waals surface area contributed by atoms with Crippen LogP contribution in [0.15, 0.2) is 78.5 Å². The van der Waals surface area contributed by atoms with Gasteiger partial charge in [0.2, 0.25) is 5.95 Å². The minimum Gasteiger partial charge on any atom is -0.348 e. The first-order chi connectivity index (χ1) is 15.7. The van der Waals surface area contributed by atoms with Crippen LogP contribution in [0.25, 0.3) is 11.1 Å². The van der Waals surface area contributed by atoms with E-state index in [1.165, 1.54) is 28.8 Å². The molecule has 1 aliphatic rings. The third kappa shape index (κ3) is 5.13. The number of allylic oxidation sites excluding steroid dienone is 4. The Morgan fingerprint density at radius 1 is 1.03 bits per heavy atom. The lowest BCUT2D eigenvalue weighted by atomic mass is 9.89. The van der Waals surface area contributed by atoms with E-state index < -0.39 is 0 Å². The van der Waals surface area contributed by atoms with E-state index in [0.717, 1.165) is 48.9 Å². The van der Waals surface area contributed by atoms with E-state index in [0.29, 0.717) is 5.95 Å². The summed E-state index contributed by atoms with van der Waals surface area (Å²) in [7, 11) is 0. The molecule has 3 aromatic rings. The molecule has 164 valence electrons. The fourth-order valence-electron chi connectivity index (χ4n) is 4.33. The van der Waals surface area contributed by atoms with Gasteiger partial charge in [-0.15, -0.1) is 0 Å². The maximum Gasteiger partial charge on any atom is 0.223 e. The molecule has 0 saturated carbocycles. The molecule has 0 saturated heterocycles. The lowest BCUT2D eigenvalue weighted by Gasteiger charge is -2.19. The first-order valence-electron chi connectivity index (χ1n) is 11.5. The predicted octanol–water partition coefficient (Wildman–Crippen LogP) is 7.61. The minimum absolute atomic E-state index is 0.0942. The monoisotopic (exact) mass is 427 g/mol. The van der Waals surface area contributed by atoms with E-state index >= 15 is 0 Å². The van der Waals surface area contributed by atoms with Gasteiger partial charge in [-0.2, -0.15) is 0 Å². The van der Waals surface area contributed by atoms with Crippen LogP contribution in [0.5, 0.6) is 0 Å². The number of rotatable bonds is 7. The van der Waals surface area contributed by atoms with E-state index in [2.05, 4.69) is 42.4 Å². The van der Waals surface area contributed by atoms with Gasteiger partial charge in [-0.25, -0.2) is 14.4 Å². The lowest BCUT2D eigenvalue weighted by molar-refractivity contribution is 0.627. The second-order valence-electron chi connectivity index (χ2n) is 8.29. The molecule has 32 heavy (non-hydrogen) atoms. The van der Waals surface area contributed by atoms with Gasteiger partial charge in [0.1, 0.15) is 5.82 Å². The van der Waals surface area contributed by atoms with Crippen molar-refractivity contribution in [1.82, 2.24) is 9.97 Å². The van der Waals surface area contributed by atoms with E-state index in [-0.39, 0.29) is 11.9 Å². The Morgan fingerprint density at radius 2 is 1.81 bits per heavy atom. The van der Waals surface area contributed by atoms with Gasteiger partial charge < -0.3 is 5.32 Å². The normalized spacial score (nSPS) is 15.2. The molecule has 0 fully saturated rings. The summed E-state index contributed by atoms with van der Waals surface area (Å²) in [6, 6.07) is 19.2. The van der Waals surface area contributed by atoms with Crippen LogP contribution in [-0.2, 0) is 0 Å². The van der Waals surface area contributed by atoms with Crippen molar-refractivity contribution in [2.24, 2.45) is 0 Å². The van der Waals surface area contributed by atoms with Gasteiger partial charge in [-0.1, -0.05) is 67.5 Å². The first-order valence-corrected chi connectivity index (χ1v) is 11.5. The molecule has 0 amide bonds. The number of aromatic nitrogens is 2. The van der Waals surface area contributed by atoms with Crippen LogP contribution in [0.3, 0.4) is 0 Å². The molecular weight excluding hydrogens is 397 g/mol. The average Bonchev–Trinajstić information content (AvgIpc) is 3.03. The summed E-state index contributed by atoms with van der Waals surface area (Å²) in [6.07, 6.45) is 9.39. The van der Waals surface area contributed by atoms with Crippen molar-refractivity contribution in [2.45, 2.75) is 52.0 Å². The molecule has 4 rings (SSSR count). The number of nitrogens with zero attached hydrogens (tertiary/aromatic N) is 2. The van der Waals surface area contributed by atoms with Gasteiger partial charge in [-0.05, 0) is 67.5 Å². The Morgan fingerprint density at radius 3 is 2.56 bits per heavy atom. The molecule has 2 aromatic carbocycles. The number of nitrogens with one attached hydrogen (secondary N) is 1. The summed E-state index contributed by atoms with van der Waals surface area (Å²) in [5.74, 6) is 0.399. The zero-order valence-electron chi connectivity index (χ0n) is 18.8. The van der Waals surface area contributed by atoms with Crippen LogP contribution < -0.4 is 5.32 Å². The highest BCUT2D eigenvalue weighted by Gasteiger charge is 2.20. The van der Waals surface area contributed by atoms with Gasteiger partial charge in [-0.3, -0.25) is 0 Å². The maximum absolute atomic E-state index is 13.6. The van der Waals surface area contributed by atoms with Gasteiger partial charge in [0, 0.05) is 11.8 Å². The molecule has 4 heteroatoms. The van der Waals surface area contributed by atoms with Gasteiger partial charge in [0.25, 0.3) is 0 Å². The zero-order valence-corrected chi connectivity index (χ0v) is 18.8. The average molecular weight is 428 g/mol. The highest BCUT2D eigenvalue weighted by molar-refractivity contribution is 6.05. The Hall–Kier alpha value is -3.27. The van der Waals surface area contributed by atoms with E-state index in [1.807, 2.05) is 42.6 Å². The molecule has 1 aliphatic carbocycles. The molecule has 0 spiro atoms. The number of hydrogen-bond acceptors (Lipinski definition) is 3. The smallest absolute Gasteiger partial charge is 0.223 e. The van der Waals surface area contributed by atoms with Crippen LogP contribution in [0.4, 0.5) is 10.3 Å².